The third kappa shape index (κ3) is 2.85. The third-order valence-electron chi connectivity index (χ3n) is 3.01. The van der Waals surface area contributed by atoms with Crippen LogP contribution >= 0.6 is 0 Å². The zero-order valence-corrected chi connectivity index (χ0v) is 10.1. The first-order valence-electron chi connectivity index (χ1n) is 5.42. The highest BCUT2D eigenvalue weighted by Crippen LogP contribution is 2.18. The van der Waals surface area contributed by atoms with Crippen molar-refractivity contribution >= 4 is 5.69 Å². The fourth-order valence-electron chi connectivity index (χ4n) is 1.49. The van der Waals surface area contributed by atoms with Crippen LogP contribution in [0.4, 0.5) is 5.69 Å². The van der Waals surface area contributed by atoms with Crippen LogP contribution in [-0.4, -0.2) is 15.8 Å². The monoisotopic (exact) mass is 207 g/mol. The molecule has 0 aliphatic rings. The molecule has 3 heteroatoms. The van der Waals surface area contributed by atoms with E-state index in [2.05, 4.69) is 37.8 Å². The molecule has 1 N–H and O–H groups in total. The van der Waals surface area contributed by atoms with Gasteiger partial charge in [-0.1, -0.05) is 13.0 Å². The summed E-state index contributed by atoms with van der Waals surface area (Å²) in [5.74, 6) is 0.585. The molecule has 3 nitrogen and oxygen atoms in total. The average Bonchev–Trinajstić information content (AvgIpc) is 2.50. The Morgan fingerprint density at radius 1 is 1.60 bits per heavy atom. The number of aryl methyl sites for hydroxylation is 1. The molecular weight excluding hydrogens is 186 g/mol. The van der Waals surface area contributed by atoms with Gasteiger partial charge in [-0.15, -0.1) is 6.58 Å². The fraction of sp³-hybridized carbons (Fsp3) is 0.583. The van der Waals surface area contributed by atoms with E-state index in [9.17, 15) is 0 Å². The highest BCUT2D eigenvalue weighted by molar-refractivity contribution is 5.46. The van der Waals surface area contributed by atoms with Gasteiger partial charge < -0.3 is 5.32 Å². The van der Waals surface area contributed by atoms with Crippen LogP contribution in [0.15, 0.2) is 18.9 Å². The zero-order valence-electron chi connectivity index (χ0n) is 10.1. The Labute approximate surface area is 92.2 Å². The van der Waals surface area contributed by atoms with E-state index in [1.54, 1.807) is 0 Å². The van der Waals surface area contributed by atoms with Crippen molar-refractivity contribution < 1.29 is 0 Å². The molecule has 0 aliphatic heterocycles. The largest absolute Gasteiger partial charge is 0.380 e. The van der Waals surface area contributed by atoms with Gasteiger partial charge in [0.15, 0.2) is 0 Å². The van der Waals surface area contributed by atoms with Crippen LogP contribution in [0.1, 0.15) is 26.0 Å². The molecule has 0 saturated heterocycles. The van der Waals surface area contributed by atoms with E-state index in [-0.39, 0.29) is 0 Å². The maximum atomic E-state index is 4.21. The molecule has 1 aromatic rings. The summed E-state index contributed by atoms with van der Waals surface area (Å²) in [4.78, 5) is 0. The number of hydrogen-bond donors (Lipinski definition) is 1. The Kier molecular flexibility index (Phi) is 3.95. The molecule has 0 amide bonds. The lowest BCUT2D eigenvalue weighted by Crippen LogP contribution is -2.23. The van der Waals surface area contributed by atoms with Crippen LogP contribution in [0.2, 0.25) is 0 Å². The molecule has 0 bridgehead atoms. The van der Waals surface area contributed by atoms with Gasteiger partial charge in [-0.05, 0) is 26.2 Å². The Hall–Kier alpha value is -1.25. The first-order chi connectivity index (χ1) is 7.06. The number of hydrogen-bond acceptors (Lipinski definition) is 2. The summed E-state index contributed by atoms with van der Waals surface area (Å²) in [6.45, 7) is 10.3. The molecule has 0 spiro atoms. The van der Waals surface area contributed by atoms with E-state index in [1.807, 2.05) is 24.0 Å². The van der Waals surface area contributed by atoms with E-state index in [0.29, 0.717) is 12.0 Å². The van der Waals surface area contributed by atoms with Crippen molar-refractivity contribution in [1.29, 1.82) is 0 Å². The molecule has 0 aliphatic carbocycles. The summed E-state index contributed by atoms with van der Waals surface area (Å²) in [6, 6.07) is 0.436. The van der Waals surface area contributed by atoms with Crippen molar-refractivity contribution in [3.63, 3.8) is 0 Å². The summed E-state index contributed by atoms with van der Waals surface area (Å²) < 4.78 is 1.88. The first kappa shape index (κ1) is 11.8. The second-order valence-electron chi connectivity index (χ2n) is 4.20. The third-order valence-corrected chi connectivity index (χ3v) is 3.01. The topological polar surface area (TPSA) is 29.9 Å². The Morgan fingerprint density at radius 3 is 2.73 bits per heavy atom. The van der Waals surface area contributed by atoms with Gasteiger partial charge in [0.25, 0.3) is 0 Å². The van der Waals surface area contributed by atoms with Crippen molar-refractivity contribution in [3.8, 4) is 0 Å². The molecule has 0 fully saturated rings. The lowest BCUT2D eigenvalue weighted by atomic mass is 10.00. The van der Waals surface area contributed by atoms with Gasteiger partial charge in [0.1, 0.15) is 0 Å². The van der Waals surface area contributed by atoms with E-state index in [4.69, 9.17) is 0 Å². The summed E-state index contributed by atoms with van der Waals surface area (Å²) in [6.07, 6.45) is 4.89. The molecule has 0 unspecified atom stereocenters. The van der Waals surface area contributed by atoms with E-state index in [1.165, 1.54) is 5.69 Å². The maximum absolute atomic E-state index is 4.21. The number of allylic oxidation sites excluding steroid dienone is 1. The van der Waals surface area contributed by atoms with E-state index >= 15 is 0 Å². The predicted molar refractivity (Wildman–Crippen MR) is 65.0 cm³/mol. The van der Waals surface area contributed by atoms with Crippen LogP contribution in [0.25, 0.3) is 0 Å². The van der Waals surface area contributed by atoms with Crippen molar-refractivity contribution in [2.75, 3.05) is 5.32 Å². The summed E-state index contributed by atoms with van der Waals surface area (Å²) in [7, 11) is 1.96. The van der Waals surface area contributed by atoms with Crippen LogP contribution < -0.4 is 5.32 Å². The summed E-state index contributed by atoms with van der Waals surface area (Å²) >= 11 is 0. The minimum absolute atomic E-state index is 0.436. The maximum Gasteiger partial charge on any atom is 0.0758 e. The van der Waals surface area contributed by atoms with E-state index in [0.717, 1.165) is 12.1 Å². The summed E-state index contributed by atoms with van der Waals surface area (Å²) in [5.41, 5.74) is 2.30. The number of nitrogens with zero attached hydrogens (tertiary/aromatic N) is 2. The Morgan fingerprint density at radius 2 is 2.27 bits per heavy atom. The predicted octanol–water partition coefficient (Wildman–Crippen LogP) is 2.74. The van der Waals surface area contributed by atoms with E-state index < -0.39 is 0 Å². The van der Waals surface area contributed by atoms with Gasteiger partial charge in [-0.25, -0.2) is 0 Å². The molecule has 1 heterocycles. The molecular formula is C12H21N3. The average molecular weight is 207 g/mol. The number of aromatic nitrogens is 2. The first-order valence-corrected chi connectivity index (χ1v) is 5.42. The molecule has 2 atom stereocenters. The van der Waals surface area contributed by atoms with Gasteiger partial charge in [-0.3, -0.25) is 4.68 Å². The number of rotatable bonds is 5. The second-order valence-corrected chi connectivity index (χ2v) is 4.20. The van der Waals surface area contributed by atoms with Crippen molar-refractivity contribution in [2.45, 2.75) is 33.2 Å². The lowest BCUT2D eigenvalue weighted by molar-refractivity contribution is 0.517. The zero-order chi connectivity index (χ0) is 11.4. The van der Waals surface area contributed by atoms with Crippen LogP contribution in [0.3, 0.4) is 0 Å². The van der Waals surface area contributed by atoms with Crippen LogP contribution in [0.5, 0.6) is 0 Å². The Balaban J connectivity index is 2.61. The smallest absolute Gasteiger partial charge is 0.0758 e. The van der Waals surface area contributed by atoms with Gasteiger partial charge in [0.05, 0.1) is 17.6 Å². The van der Waals surface area contributed by atoms with Crippen molar-refractivity contribution in [3.05, 3.63) is 24.5 Å². The standard InChI is InChI=1S/C12H21N3/c1-6-7-9(2)10(3)14-12-8-13-15(5)11(12)4/h6,8-10,14H,1,7H2,2-5H3/t9-,10+/m0/s1. The van der Waals surface area contributed by atoms with Crippen molar-refractivity contribution in [1.82, 2.24) is 9.78 Å². The summed E-state index contributed by atoms with van der Waals surface area (Å²) in [5, 5.41) is 7.69. The molecule has 0 saturated carbocycles. The molecule has 84 valence electrons. The van der Waals surface area contributed by atoms with Gasteiger partial charge in [0, 0.05) is 13.1 Å². The highest BCUT2D eigenvalue weighted by Gasteiger charge is 2.12. The van der Waals surface area contributed by atoms with Crippen LogP contribution in [-0.2, 0) is 7.05 Å². The molecule has 15 heavy (non-hydrogen) atoms. The van der Waals surface area contributed by atoms with Crippen molar-refractivity contribution in [2.24, 2.45) is 13.0 Å². The van der Waals surface area contributed by atoms with Gasteiger partial charge in [-0.2, -0.15) is 5.10 Å². The minimum Gasteiger partial charge on any atom is -0.380 e. The molecule has 0 aromatic carbocycles. The van der Waals surface area contributed by atoms with Crippen LogP contribution in [0, 0.1) is 12.8 Å². The molecule has 1 aromatic heterocycles. The normalized spacial score (nSPS) is 14.7. The quantitative estimate of drug-likeness (QED) is 0.752. The number of anilines is 1. The second kappa shape index (κ2) is 5.01. The minimum atomic E-state index is 0.436. The lowest BCUT2D eigenvalue weighted by Gasteiger charge is -2.20. The molecule has 1 rings (SSSR count). The fourth-order valence-corrected chi connectivity index (χ4v) is 1.49. The Bertz CT molecular complexity index is 328. The molecule has 0 radical (unpaired) electrons. The van der Waals surface area contributed by atoms with Gasteiger partial charge >= 0.3 is 0 Å². The number of nitrogens with one attached hydrogen (secondary N) is 1. The SMILES string of the molecule is C=CC[C@H](C)[C@@H](C)Nc1cnn(C)c1C. The van der Waals surface area contributed by atoms with Gasteiger partial charge in [0.2, 0.25) is 0 Å². The highest BCUT2D eigenvalue weighted by atomic mass is 15.3.